The van der Waals surface area contributed by atoms with Crippen LogP contribution in [0.15, 0.2) is 29.2 Å². The van der Waals surface area contributed by atoms with E-state index in [9.17, 15) is 4.79 Å². The number of carbonyl (C=O) groups excluding carboxylic acids is 1. The van der Waals surface area contributed by atoms with E-state index in [1.165, 1.54) is 4.90 Å². The van der Waals surface area contributed by atoms with Gasteiger partial charge in [-0.05, 0) is 24.0 Å². The van der Waals surface area contributed by atoms with Gasteiger partial charge in [-0.3, -0.25) is 0 Å². The molecule has 20 heavy (non-hydrogen) atoms. The van der Waals surface area contributed by atoms with E-state index in [2.05, 4.69) is 28.1 Å². The van der Waals surface area contributed by atoms with Gasteiger partial charge in [0.05, 0.1) is 12.7 Å². The van der Waals surface area contributed by atoms with Crippen LogP contribution in [0, 0.1) is 0 Å². The molecule has 0 saturated carbocycles. The highest BCUT2D eigenvalue weighted by Crippen LogP contribution is 2.14. The Bertz CT molecular complexity index is 419. The van der Waals surface area contributed by atoms with Gasteiger partial charge in [-0.2, -0.15) is 0 Å². The minimum absolute atomic E-state index is 0.0652. The summed E-state index contributed by atoms with van der Waals surface area (Å²) in [6, 6.07) is 8.01. The molecule has 6 heteroatoms. The van der Waals surface area contributed by atoms with Crippen LogP contribution in [0.5, 0.6) is 0 Å². The first-order valence-corrected chi connectivity index (χ1v) is 7.97. The Kier molecular flexibility index (Phi) is 6.17. The largest absolute Gasteiger partial charge is 0.374 e. The van der Waals surface area contributed by atoms with E-state index in [1.807, 2.05) is 18.4 Å². The van der Waals surface area contributed by atoms with Gasteiger partial charge in [0.2, 0.25) is 0 Å². The molecule has 0 aromatic heterocycles. The fraction of sp³-hybridized carbons (Fsp3) is 0.500. The average molecular weight is 295 g/mol. The van der Waals surface area contributed by atoms with Crippen molar-refractivity contribution in [2.24, 2.45) is 0 Å². The van der Waals surface area contributed by atoms with E-state index in [4.69, 9.17) is 4.74 Å². The average Bonchev–Trinajstić information content (AvgIpc) is 2.52. The van der Waals surface area contributed by atoms with Gasteiger partial charge in [0.15, 0.2) is 0 Å². The van der Waals surface area contributed by atoms with Crippen molar-refractivity contribution in [3.8, 4) is 0 Å². The van der Waals surface area contributed by atoms with Crippen LogP contribution in [-0.4, -0.2) is 44.6 Å². The van der Waals surface area contributed by atoms with Gasteiger partial charge in [0.25, 0.3) is 0 Å². The number of hydrogen-bond donors (Lipinski definition) is 3. The molecule has 1 aliphatic rings. The first kappa shape index (κ1) is 15.2. The summed E-state index contributed by atoms with van der Waals surface area (Å²) in [6.45, 7) is 3.44. The van der Waals surface area contributed by atoms with Crippen molar-refractivity contribution in [1.29, 1.82) is 0 Å². The summed E-state index contributed by atoms with van der Waals surface area (Å²) in [6.07, 6.45) is 2.11. The summed E-state index contributed by atoms with van der Waals surface area (Å²) in [5.74, 6) is 0. The molecule has 0 unspecified atom stereocenters. The number of carbonyl (C=O) groups is 1. The number of ether oxygens (including phenoxy) is 1. The molecule has 2 amide bonds. The van der Waals surface area contributed by atoms with Gasteiger partial charge in [0, 0.05) is 31.1 Å². The summed E-state index contributed by atoms with van der Waals surface area (Å²) in [4.78, 5) is 12.9. The number of benzene rings is 1. The Morgan fingerprint density at radius 3 is 2.85 bits per heavy atom. The molecule has 1 saturated heterocycles. The van der Waals surface area contributed by atoms with Crippen LogP contribution in [-0.2, 0) is 11.3 Å². The summed E-state index contributed by atoms with van der Waals surface area (Å²) in [5, 5.41) is 8.90. The number of urea groups is 1. The Morgan fingerprint density at radius 2 is 2.20 bits per heavy atom. The number of hydrogen-bond acceptors (Lipinski definition) is 4. The molecule has 3 N–H and O–H groups in total. The highest BCUT2D eigenvalue weighted by molar-refractivity contribution is 7.98. The Morgan fingerprint density at radius 1 is 1.40 bits per heavy atom. The third kappa shape index (κ3) is 5.03. The minimum atomic E-state index is -0.159. The highest BCUT2D eigenvalue weighted by Gasteiger charge is 2.13. The van der Waals surface area contributed by atoms with Crippen LogP contribution in [0.3, 0.4) is 0 Å². The van der Waals surface area contributed by atoms with Gasteiger partial charge < -0.3 is 20.7 Å². The molecule has 0 aliphatic carbocycles. The molecule has 1 fully saturated rings. The molecule has 1 aromatic carbocycles. The van der Waals surface area contributed by atoms with Crippen molar-refractivity contribution >= 4 is 17.8 Å². The van der Waals surface area contributed by atoms with Crippen LogP contribution in [0.1, 0.15) is 5.56 Å². The highest BCUT2D eigenvalue weighted by atomic mass is 32.2. The van der Waals surface area contributed by atoms with Crippen LogP contribution in [0.25, 0.3) is 0 Å². The van der Waals surface area contributed by atoms with Gasteiger partial charge in [-0.15, -0.1) is 11.8 Å². The fourth-order valence-corrected chi connectivity index (χ4v) is 2.35. The Hall–Kier alpha value is -1.24. The smallest absolute Gasteiger partial charge is 0.315 e. The van der Waals surface area contributed by atoms with Gasteiger partial charge in [-0.25, -0.2) is 4.79 Å². The van der Waals surface area contributed by atoms with Crippen LogP contribution < -0.4 is 16.0 Å². The van der Waals surface area contributed by atoms with Gasteiger partial charge in [0.1, 0.15) is 0 Å². The van der Waals surface area contributed by atoms with Crippen molar-refractivity contribution in [3.63, 3.8) is 0 Å². The molecule has 1 atom stereocenters. The zero-order valence-corrected chi connectivity index (χ0v) is 12.5. The first-order chi connectivity index (χ1) is 9.78. The standard InChI is InChI=1S/C14H21N3O2S/c1-20-13-4-2-11(3-5-13)8-16-14(18)17-10-12-9-15-6-7-19-12/h2-5,12,15H,6-10H2,1H3,(H2,16,17,18)/t12-/m1/s1. The maximum atomic E-state index is 11.7. The molecule has 0 spiro atoms. The topological polar surface area (TPSA) is 62.4 Å². The summed E-state index contributed by atoms with van der Waals surface area (Å²) in [5.41, 5.74) is 1.09. The number of amides is 2. The third-order valence-electron chi connectivity index (χ3n) is 3.11. The zero-order valence-electron chi connectivity index (χ0n) is 11.6. The number of rotatable bonds is 5. The van der Waals surface area contributed by atoms with E-state index in [0.29, 0.717) is 19.7 Å². The number of thioether (sulfide) groups is 1. The minimum Gasteiger partial charge on any atom is -0.374 e. The third-order valence-corrected chi connectivity index (χ3v) is 3.85. The van der Waals surface area contributed by atoms with Crippen molar-refractivity contribution < 1.29 is 9.53 Å². The molecule has 2 rings (SSSR count). The summed E-state index contributed by atoms with van der Waals surface area (Å²) >= 11 is 1.71. The molecule has 1 aromatic rings. The lowest BCUT2D eigenvalue weighted by atomic mass is 10.2. The predicted molar refractivity (Wildman–Crippen MR) is 81.1 cm³/mol. The SMILES string of the molecule is CSc1ccc(CNC(=O)NC[C@H]2CNCCO2)cc1. The summed E-state index contributed by atoms with van der Waals surface area (Å²) in [7, 11) is 0. The Labute approximate surface area is 123 Å². The second-order valence-corrected chi connectivity index (χ2v) is 5.49. The molecule has 110 valence electrons. The monoisotopic (exact) mass is 295 g/mol. The first-order valence-electron chi connectivity index (χ1n) is 6.75. The number of nitrogens with one attached hydrogen (secondary N) is 3. The molecular weight excluding hydrogens is 274 g/mol. The lowest BCUT2D eigenvalue weighted by Gasteiger charge is -2.23. The van der Waals surface area contributed by atoms with Crippen molar-refractivity contribution in [2.75, 3.05) is 32.5 Å². The van der Waals surface area contributed by atoms with Crippen molar-refractivity contribution in [3.05, 3.63) is 29.8 Å². The zero-order chi connectivity index (χ0) is 14.2. The number of morpholine rings is 1. The lowest BCUT2D eigenvalue weighted by molar-refractivity contribution is 0.0307. The second kappa shape index (κ2) is 8.14. The van der Waals surface area contributed by atoms with Crippen LogP contribution in [0.4, 0.5) is 4.79 Å². The molecule has 0 bridgehead atoms. The van der Waals surface area contributed by atoms with Gasteiger partial charge >= 0.3 is 6.03 Å². The van der Waals surface area contributed by atoms with E-state index < -0.39 is 0 Å². The van der Waals surface area contributed by atoms with E-state index in [1.54, 1.807) is 11.8 Å². The van der Waals surface area contributed by atoms with E-state index >= 15 is 0 Å². The molecular formula is C14H21N3O2S. The van der Waals surface area contributed by atoms with Crippen LogP contribution in [0.2, 0.25) is 0 Å². The molecule has 1 aliphatic heterocycles. The molecule has 0 radical (unpaired) electrons. The molecule has 5 nitrogen and oxygen atoms in total. The van der Waals surface area contributed by atoms with Crippen LogP contribution >= 0.6 is 11.8 Å². The second-order valence-electron chi connectivity index (χ2n) is 4.61. The predicted octanol–water partition coefficient (Wildman–Crippen LogP) is 1.20. The normalized spacial score (nSPS) is 18.6. The van der Waals surface area contributed by atoms with E-state index in [-0.39, 0.29) is 12.1 Å². The quantitative estimate of drug-likeness (QED) is 0.714. The van der Waals surface area contributed by atoms with Crippen molar-refractivity contribution in [2.45, 2.75) is 17.5 Å². The lowest BCUT2D eigenvalue weighted by Crippen LogP contribution is -2.47. The fourth-order valence-electron chi connectivity index (χ4n) is 1.95. The van der Waals surface area contributed by atoms with Gasteiger partial charge in [-0.1, -0.05) is 12.1 Å². The maximum Gasteiger partial charge on any atom is 0.315 e. The molecule has 1 heterocycles. The maximum absolute atomic E-state index is 11.7. The Balaban J connectivity index is 1.66. The van der Waals surface area contributed by atoms with Crippen molar-refractivity contribution in [1.82, 2.24) is 16.0 Å². The summed E-state index contributed by atoms with van der Waals surface area (Å²) < 4.78 is 5.51. The van der Waals surface area contributed by atoms with E-state index in [0.717, 1.165) is 18.7 Å².